The van der Waals surface area contributed by atoms with Gasteiger partial charge in [-0.15, -0.1) is 11.3 Å². The van der Waals surface area contributed by atoms with Gasteiger partial charge in [0.2, 0.25) is 11.2 Å². The summed E-state index contributed by atoms with van der Waals surface area (Å²) in [7, 11) is -3.39. The largest absolute Gasteiger partial charge is 0.468 e. The number of aromatic nitrogens is 1. The maximum atomic E-state index is 16.1. The van der Waals surface area contributed by atoms with Crippen molar-refractivity contribution in [2.45, 2.75) is 45.9 Å². The van der Waals surface area contributed by atoms with Crippen LogP contribution >= 0.6 is 19.1 Å². The molecule has 4 atom stereocenters. The van der Waals surface area contributed by atoms with Crippen LogP contribution < -0.4 is 20.0 Å². The number of esters is 1. The summed E-state index contributed by atoms with van der Waals surface area (Å²) in [6.45, 7) is 6.90. The molecule has 0 radical (unpaired) electrons. The molecule has 1 saturated heterocycles. The fraction of sp³-hybridized carbons (Fsp3) is 0.361. The number of fused-ring (bicyclic) bond motifs is 7. The minimum absolute atomic E-state index is 0.0400. The highest BCUT2D eigenvalue weighted by atomic mass is 32.1. The molecular weight excluding hydrogens is 717 g/mol. The summed E-state index contributed by atoms with van der Waals surface area (Å²) in [5.41, 5.74) is 0.571. The molecule has 1 fully saturated rings. The fourth-order valence-electron chi connectivity index (χ4n) is 7.04. The predicted octanol–water partition coefficient (Wildman–Crippen LogP) is 6.08. The number of amides is 1. The minimum atomic E-state index is -4.57. The first-order valence-corrected chi connectivity index (χ1v) is 19.1. The molecule has 7 rings (SSSR count). The van der Waals surface area contributed by atoms with Crippen LogP contribution in [0.1, 0.15) is 55.4 Å². The predicted molar refractivity (Wildman–Crippen MR) is 190 cm³/mol. The molecule has 16 heteroatoms. The molecule has 1 aliphatic carbocycles. The van der Waals surface area contributed by atoms with E-state index in [9.17, 15) is 18.9 Å². The highest BCUT2D eigenvalue weighted by Crippen LogP contribution is 2.52. The van der Waals surface area contributed by atoms with Gasteiger partial charge in [-0.1, -0.05) is 51.1 Å². The van der Waals surface area contributed by atoms with Crippen molar-refractivity contribution < 1.29 is 41.5 Å². The van der Waals surface area contributed by atoms with Crippen molar-refractivity contribution in [2.24, 2.45) is 5.41 Å². The summed E-state index contributed by atoms with van der Waals surface area (Å²) in [4.78, 5) is 43.3. The van der Waals surface area contributed by atoms with Crippen LogP contribution in [0.2, 0.25) is 0 Å². The molecule has 12 nitrogen and oxygen atoms in total. The number of thiophene rings is 1. The first-order valence-electron chi connectivity index (χ1n) is 16.7. The molecule has 0 spiro atoms. The topological polar surface area (TPSA) is 129 Å². The van der Waals surface area contributed by atoms with E-state index in [1.54, 1.807) is 38.8 Å². The second-order valence-electron chi connectivity index (χ2n) is 13.6. The monoisotopic (exact) mass is 754 g/mol. The zero-order chi connectivity index (χ0) is 37.1. The van der Waals surface area contributed by atoms with E-state index < -0.39 is 66.1 Å². The number of halogens is 2. The first kappa shape index (κ1) is 36.0. The lowest BCUT2D eigenvalue weighted by Crippen LogP contribution is -2.66. The summed E-state index contributed by atoms with van der Waals surface area (Å²) in [6.07, 6.45) is 0.600. The number of pyridine rings is 1. The number of hydrogen-bond acceptors (Lipinski definition) is 10. The number of rotatable bonds is 8. The van der Waals surface area contributed by atoms with Crippen molar-refractivity contribution >= 4 is 31.0 Å². The maximum absolute atomic E-state index is 16.1. The van der Waals surface area contributed by atoms with Crippen LogP contribution in [0.5, 0.6) is 5.75 Å². The van der Waals surface area contributed by atoms with Gasteiger partial charge in [-0.25, -0.2) is 13.3 Å². The number of nitrogens with zero attached hydrogens (tertiary/aromatic N) is 3. The van der Waals surface area contributed by atoms with Gasteiger partial charge in [0.1, 0.15) is 12.2 Å². The molecule has 1 amide bonds. The van der Waals surface area contributed by atoms with Gasteiger partial charge in [-0.05, 0) is 46.5 Å². The molecule has 2 aromatic carbocycles. The lowest BCUT2D eigenvalue weighted by molar-refractivity contribution is -0.145. The molecule has 2 aliphatic heterocycles. The standard InChI is InChI=1S/C36H37F2N4O8PS/c1-6-49-51(46,39-33(35(45)47-5)36(2,3)4)50-31-25(43)13-15-41-30(31)34(44)40-16-17-48-19-26(40)42(41)29-20-9-7-8-10-21(20)32-23(14-18-52-32)27-22(29)11-12-24(37)28(27)38/h7-15,18,26,29,33H,6,16-17,19H2,1-5H3,(H,39,46)/t26?,29?,33-,51?/m0/s1. The highest BCUT2D eigenvalue weighted by molar-refractivity contribution is 7.52. The van der Waals surface area contributed by atoms with E-state index in [-0.39, 0.29) is 37.6 Å². The summed E-state index contributed by atoms with van der Waals surface area (Å²) in [5, 5.41) is 6.26. The Bertz CT molecular complexity index is 2190. The number of hydrogen-bond donors (Lipinski definition) is 1. The van der Waals surface area contributed by atoms with Crippen LogP contribution in [-0.2, 0) is 23.4 Å². The molecule has 3 aliphatic rings. The second kappa shape index (κ2) is 13.5. The Balaban J connectivity index is 1.46. The lowest BCUT2D eigenvalue weighted by Gasteiger charge is -2.51. The average molecular weight is 755 g/mol. The van der Waals surface area contributed by atoms with Crippen molar-refractivity contribution in [3.8, 4) is 27.3 Å². The van der Waals surface area contributed by atoms with Gasteiger partial charge in [0, 0.05) is 34.8 Å². The molecule has 3 unspecified atom stereocenters. The number of carbonyl (C=O) groups is 2. The number of ether oxygens (including phenoxy) is 2. The molecule has 0 saturated carbocycles. The zero-order valence-corrected chi connectivity index (χ0v) is 30.8. The molecule has 52 heavy (non-hydrogen) atoms. The van der Waals surface area contributed by atoms with E-state index in [1.165, 1.54) is 40.3 Å². The number of methoxy groups -OCH3 is 1. The Morgan fingerprint density at radius 1 is 1.10 bits per heavy atom. The maximum Gasteiger partial charge on any atom is 0.459 e. The number of morpholine rings is 1. The van der Waals surface area contributed by atoms with Crippen LogP contribution in [0.3, 0.4) is 0 Å². The normalized spacial score (nSPS) is 19.6. The fourth-order valence-corrected chi connectivity index (χ4v) is 9.74. The van der Waals surface area contributed by atoms with Crippen LogP contribution in [0.15, 0.2) is 64.9 Å². The third kappa shape index (κ3) is 5.94. The van der Waals surface area contributed by atoms with Gasteiger partial charge < -0.3 is 18.9 Å². The van der Waals surface area contributed by atoms with Gasteiger partial charge in [0.15, 0.2) is 17.3 Å². The smallest absolute Gasteiger partial charge is 0.459 e. The lowest BCUT2D eigenvalue weighted by atomic mass is 9.87. The molecule has 2 aromatic heterocycles. The number of nitrogens with one attached hydrogen (secondary N) is 1. The van der Waals surface area contributed by atoms with Crippen LogP contribution in [0, 0.1) is 17.0 Å². The van der Waals surface area contributed by atoms with E-state index in [0.717, 1.165) is 28.1 Å². The summed E-state index contributed by atoms with van der Waals surface area (Å²) in [5.74, 6) is -3.99. The van der Waals surface area contributed by atoms with E-state index in [1.807, 2.05) is 29.6 Å². The highest BCUT2D eigenvalue weighted by Gasteiger charge is 2.48. The molecule has 0 bridgehead atoms. The van der Waals surface area contributed by atoms with Gasteiger partial charge in [0.25, 0.3) is 5.91 Å². The van der Waals surface area contributed by atoms with E-state index in [0.29, 0.717) is 11.1 Å². The number of benzene rings is 2. The Morgan fingerprint density at radius 3 is 2.60 bits per heavy atom. The molecule has 1 N–H and O–H groups in total. The third-order valence-electron chi connectivity index (χ3n) is 9.38. The van der Waals surface area contributed by atoms with Gasteiger partial charge >= 0.3 is 13.7 Å². The quantitative estimate of drug-likeness (QED) is 0.167. The van der Waals surface area contributed by atoms with E-state index >= 15 is 8.78 Å². The van der Waals surface area contributed by atoms with Gasteiger partial charge in [-0.3, -0.25) is 28.6 Å². The third-order valence-corrected chi connectivity index (χ3v) is 11.9. The minimum Gasteiger partial charge on any atom is -0.468 e. The summed E-state index contributed by atoms with van der Waals surface area (Å²) < 4.78 is 69.5. The second-order valence-corrected chi connectivity index (χ2v) is 16.2. The Kier molecular flexibility index (Phi) is 9.37. The molecule has 4 aromatic rings. The van der Waals surface area contributed by atoms with Crippen molar-refractivity contribution in [1.82, 2.24) is 14.7 Å². The van der Waals surface area contributed by atoms with Crippen LogP contribution in [-0.4, -0.2) is 67.1 Å². The SMILES string of the molecule is CCOP(=O)(N[C@@H](C(=O)OC)C(C)(C)C)Oc1c2n(ccc1=O)N(C1c3ccccc3-c3sccc3-c3c1ccc(F)c3F)C1COCCN1C2=O. The molecule has 274 valence electrons. The van der Waals surface area contributed by atoms with Crippen LogP contribution in [0.25, 0.3) is 21.6 Å². The molecule has 4 heterocycles. The Hall–Kier alpha value is -4.40. The van der Waals surface area contributed by atoms with Crippen molar-refractivity contribution in [3.05, 3.63) is 98.8 Å². The van der Waals surface area contributed by atoms with Crippen molar-refractivity contribution in [1.29, 1.82) is 0 Å². The van der Waals surface area contributed by atoms with Crippen molar-refractivity contribution in [2.75, 3.05) is 38.5 Å². The first-order chi connectivity index (χ1) is 24.8. The summed E-state index contributed by atoms with van der Waals surface area (Å²) in [6, 6.07) is 10.9. The average Bonchev–Trinajstić information content (AvgIpc) is 3.56. The van der Waals surface area contributed by atoms with Crippen LogP contribution in [0.4, 0.5) is 8.78 Å². The summed E-state index contributed by atoms with van der Waals surface area (Å²) >= 11 is 1.39. The van der Waals surface area contributed by atoms with Crippen molar-refractivity contribution in [3.63, 3.8) is 0 Å². The van der Waals surface area contributed by atoms with Gasteiger partial charge in [0.05, 0.1) is 33.0 Å². The van der Waals surface area contributed by atoms with E-state index in [2.05, 4.69) is 5.09 Å². The Morgan fingerprint density at radius 2 is 1.87 bits per heavy atom. The number of carbonyl (C=O) groups excluding carboxylic acids is 2. The van der Waals surface area contributed by atoms with Gasteiger partial charge in [-0.2, -0.15) is 5.09 Å². The molecular formula is C36H37F2N4O8PS. The van der Waals surface area contributed by atoms with E-state index in [4.69, 9.17) is 18.5 Å². The Labute approximate surface area is 302 Å². The zero-order valence-electron chi connectivity index (χ0n) is 29.1.